The van der Waals surface area contributed by atoms with E-state index >= 15 is 0 Å². The molecule has 5 aromatic carbocycles. The van der Waals surface area contributed by atoms with E-state index in [0.29, 0.717) is 0 Å². The van der Waals surface area contributed by atoms with Crippen molar-refractivity contribution in [3.05, 3.63) is 155 Å². The van der Waals surface area contributed by atoms with Crippen LogP contribution in [0, 0.1) is 0 Å². The summed E-state index contributed by atoms with van der Waals surface area (Å²) in [6.07, 6.45) is -1.12. The van der Waals surface area contributed by atoms with E-state index in [1.807, 2.05) is 48.5 Å². The number of benzene rings is 5. The van der Waals surface area contributed by atoms with Gasteiger partial charge in [-0.3, -0.25) is 19.2 Å². The number of hydrogen-bond donors (Lipinski definition) is 7. The van der Waals surface area contributed by atoms with Gasteiger partial charge in [0.15, 0.2) is 0 Å². The highest BCUT2D eigenvalue weighted by Gasteiger charge is 2.30. The lowest BCUT2D eigenvalue weighted by Crippen LogP contribution is -2.52. The van der Waals surface area contributed by atoms with Crippen molar-refractivity contribution in [2.24, 2.45) is 0 Å². The van der Waals surface area contributed by atoms with Gasteiger partial charge in [0.2, 0.25) is 0 Å². The summed E-state index contributed by atoms with van der Waals surface area (Å²) in [7, 11) is 0. The van der Waals surface area contributed by atoms with E-state index in [9.17, 15) is 39.6 Å². The lowest BCUT2D eigenvalue weighted by molar-refractivity contribution is -0.926. The van der Waals surface area contributed by atoms with Crippen LogP contribution in [-0.2, 0) is 19.2 Å². The number of phenols is 3. The Morgan fingerprint density at radius 1 is 0.386 bits per heavy atom. The molecule has 5 rings (SSSR count). The van der Waals surface area contributed by atoms with E-state index in [1.54, 1.807) is 48.5 Å². The van der Waals surface area contributed by atoms with Gasteiger partial charge in [-0.15, -0.1) is 5.75 Å². The van der Waals surface area contributed by atoms with Crippen molar-refractivity contribution in [3.63, 3.8) is 0 Å². The first kappa shape index (κ1) is 42.9. The van der Waals surface area contributed by atoms with Gasteiger partial charge in [-0.2, -0.15) is 0 Å². The van der Waals surface area contributed by atoms with Gasteiger partial charge >= 0.3 is 23.9 Å². The molecule has 0 heterocycles. The maximum atomic E-state index is 11.7. The Kier molecular flexibility index (Phi) is 15.2. The Labute approximate surface area is 329 Å². The summed E-state index contributed by atoms with van der Waals surface area (Å²) >= 11 is 0. The number of rotatable bonds is 18. The predicted octanol–water partition coefficient (Wildman–Crippen LogP) is 5.94. The zero-order valence-corrected chi connectivity index (χ0v) is 31.0. The van der Waals surface area contributed by atoms with Crippen molar-refractivity contribution in [3.8, 4) is 23.0 Å². The van der Waals surface area contributed by atoms with Crippen molar-refractivity contribution in [1.29, 1.82) is 0 Å². The number of carboxylic acids is 4. The number of quaternary nitrogens is 1. The molecule has 1 atom stereocenters. The van der Waals surface area contributed by atoms with E-state index in [2.05, 4.69) is 24.3 Å². The van der Waals surface area contributed by atoms with E-state index in [-0.39, 0.29) is 91.2 Å². The summed E-state index contributed by atoms with van der Waals surface area (Å²) in [6.45, 7) is 0.0126. The second-order valence-electron chi connectivity index (χ2n) is 13.7. The molecule has 0 saturated heterocycles. The third-order valence-electron chi connectivity index (χ3n) is 9.70. The summed E-state index contributed by atoms with van der Waals surface area (Å²) in [6, 6.07) is 36.7. The molecule has 0 bridgehead atoms. The number of phenolic OH excluding ortho intramolecular Hbond substituents is 3. The molecule has 5 aromatic rings. The Morgan fingerprint density at radius 3 is 0.789 bits per heavy atom. The minimum absolute atomic E-state index is 0.00315. The zero-order chi connectivity index (χ0) is 41.5. The van der Waals surface area contributed by atoms with Gasteiger partial charge in [-0.25, -0.2) is 0 Å². The number of aliphatic carboxylic acids is 4. The van der Waals surface area contributed by atoms with Crippen LogP contribution in [0.15, 0.2) is 121 Å². The second kappa shape index (κ2) is 20.2. The molecule has 0 spiro atoms. The van der Waals surface area contributed by atoms with Crippen LogP contribution in [0.3, 0.4) is 0 Å². The summed E-state index contributed by atoms with van der Waals surface area (Å²) in [5.74, 6) is -4.02. The van der Waals surface area contributed by atoms with E-state index in [0.717, 1.165) is 33.4 Å². The summed E-state index contributed by atoms with van der Waals surface area (Å²) in [5.41, 5.74) is 6.15. The maximum absolute atomic E-state index is 11.7. The smallest absolute Gasteiger partial charge is 0.309 e. The highest BCUT2D eigenvalue weighted by molar-refractivity contribution is 5.68. The van der Waals surface area contributed by atoms with Gasteiger partial charge in [0, 0.05) is 11.8 Å². The van der Waals surface area contributed by atoms with Gasteiger partial charge < -0.3 is 45.3 Å². The highest BCUT2D eigenvalue weighted by atomic mass is 16.4. The van der Waals surface area contributed by atoms with Crippen molar-refractivity contribution in [1.82, 2.24) is 0 Å². The third-order valence-corrected chi connectivity index (χ3v) is 9.70. The summed E-state index contributed by atoms with van der Waals surface area (Å²) < 4.78 is -0.142. The average molecular weight is 780 g/mol. The number of carboxylic acid groups (broad SMARTS) is 4. The largest absolute Gasteiger partial charge is 0.872 e. The average Bonchev–Trinajstić information content (AvgIpc) is 3.18. The fourth-order valence-corrected chi connectivity index (χ4v) is 6.70. The van der Waals surface area contributed by atoms with E-state index in [1.165, 1.54) is 0 Å². The number of aromatic hydroxyl groups is 3. The van der Waals surface area contributed by atoms with Gasteiger partial charge in [-0.05, 0) is 69.8 Å². The minimum Gasteiger partial charge on any atom is -0.872 e. The van der Waals surface area contributed by atoms with E-state index in [4.69, 9.17) is 20.4 Å². The van der Waals surface area contributed by atoms with E-state index < -0.39 is 23.9 Å². The third kappa shape index (κ3) is 13.1. The highest BCUT2D eigenvalue weighted by Crippen LogP contribution is 2.37. The van der Waals surface area contributed by atoms with Crippen LogP contribution in [0.5, 0.6) is 23.0 Å². The fraction of sp³-hybridized carbons (Fsp3) is 0.227. The standard InChI is InChI=1S/C32H26O4.C12H19NO8/c33-27-13-5-23(6-14-27)31(24-7-15-28(34)16-8-24)21-1-2-22(4-3-21)32(25-9-17-29(35)18-10-25)26-11-19-30(36)20-12-26;14-9(15)1-5-13(6-2-10(16)17,7-3-11(18)19)8-4-12(20)21/h1-20,31-36H;1-8H2,(H3-,14,15,16,17,18,19,20,21). The molecule has 0 amide bonds. The molecule has 1 unspecified atom stereocenters. The first-order valence-electron chi connectivity index (χ1n) is 18.1. The van der Waals surface area contributed by atoms with Crippen LogP contribution in [0.25, 0.3) is 0 Å². The van der Waals surface area contributed by atoms with Crippen LogP contribution in [0.2, 0.25) is 0 Å². The van der Waals surface area contributed by atoms with Gasteiger partial charge in [0.05, 0.1) is 51.9 Å². The molecule has 0 radical (unpaired) electrons. The van der Waals surface area contributed by atoms with Crippen LogP contribution < -0.4 is 5.11 Å². The molecular weight excluding hydrogens is 734 g/mol. The molecule has 0 aromatic heterocycles. The Balaban J connectivity index is 0.000000295. The molecule has 7 N–H and O–H groups in total. The second-order valence-corrected chi connectivity index (χ2v) is 13.7. The predicted molar refractivity (Wildman–Crippen MR) is 207 cm³/mol. The van der Waals surface area contributed by atoms with Crippen molar-refractivity contribution < 1.29 is 64.5 Å². The molecule has 298 valence electrons. The van der Waals surface area contributed by atoms with Gasteiger partial charge in [0.1, 0.15) is 17.2 Å². The Hall–Kier alpha value is -6.86. The zero-order valence-electron chi connectivity index (χ0n) is 31.0. The molecule has 0 aliphatic heterocycles. The molecular formula is C44H45NO12. The van der Waals surface area contributed by atoms with Crippen LogP contribution in [0.4, 0.5) is 0 Å². The lowest BCUT2D eigenvalue weighted by Gasteiger charge is -2.37. The number of hydrogen-bond acceptors (Lipinski definition) is 8. The minimum atomic E-state index is -1.10. The van der Waals surface area contributed by atoms with Crippen LogP contribution in [-0.4, -0.2) is 90.3 Å². The normalized spacial score (nSPS) is 11.6. The Bertz CT molecular complexity index is 1800. The summed E-state index contributed by atoms with van der Waals surface area (Å²) in [4.78, 5) is 42.8. The molecule has 0 aliphatic rings. The van der Waals surface area contributed by atoms with Crippen molar-refractivity contribution >= 4 is 23.9 Å². The quantitative estimate of drug-likeness (QED) is 0.0405. The van der Waals surface area contributed by atoms with Crippen LogP contribution >= 0.6 is 0 Å². The lowest BCUT2D eigenvalue weighted by atomic mass is 9.81. The first-order chi connectivity index (χ1) is 27.1. The molecule has 0 aliphatic carbocycles. The number of nitrogens with zero attached hydrogens (tertiary/aromatic N) is 1. The maximum Gasteiger partial charge on any atom is 0.309 e. The van der Waals surface area contributed by atoms with Crippen LogP contribution in [0.1, 0.15) is 70.9 Å². The Morgan fingerprint density at radius 2 is 0.579 bits per heavy atom. The monoisotopic (exact) mass is 779 g/mol. The summed E-state index contributed by atoms with van der Waals surface area (Å²) in [5, 5.41) is 76.1. The number of carbonyl (C=O) groups is 4. The first-order valence-corrected chi connectivity index (χ1v) is 18.1. The van der Waals surface area contributed by atoms with Crippen molar-refractivity contribution in [2.75, 3.05) is 26.2 Å². The SMILES string of the molecule is O=C(O)CC[N+](CCC(=O)O)(CCC(=O)O)CCC(=O)O.[O-]c1ccc(C(c2ccc(O)cc2)c2ccc(C(c3ccc(O)cc3)c3ccc(O)cc3)cc2)cc1. The molecule has 0 fully saturated rings. The van der Waals surface area contributed by atoms with Gasteiger partial charge in [-0.1, -0.05) is 84.9 Å². The molecule has 13 nitrogen and oxygen atoms in total. The van der Waals surface area contributed by atoms with Crippen molar-refractivity contribution in [2.45, 2.75) is 37.5 Å². The molecule has 57 heavy (non-hydrogen) atoms. The fourth-order valence-electron chi connectivity index (χ4n) is 6.70. The van der Waals surface area contributed by atoms with Gasteiger partial charge in [0.25, 0.3) is 0 Å². The molecule has 13 heteroatoms. The topological polar surface area (TPSA) is 233 Å². The molecule has 0 saturated carbocycles.